The Kier molecular flexibility index (Phi) is 5.30. The average molecular weight is 356 g/mol. The molecule has 4 atom stereocenters. The van der Waals surface area contributed by atoms with Crippen molar-refractivity contribution in [2.24, 2.45) is 11.8 Å². The minimum absolute atomic E-state index is 0.278. The molecule has 0 spiro atoms. The van der Waals surface area contributed by atoms with Crippen molar-refractivity contribution in [1.29, 1.82) is 0 Å². The zero-order valence-corrected chi connectivity index (χ0v) is 15.9. The molecular formula is C22H28O4. The van der Waals surface area contributed by atoms with Crippen molar-refractivity contribution in [1.82, 2.24) is 0 Å². The molecule has 2 N–H and O–H groups in total. The fourth-order valence-corrected chi connectivity index (χ4v) is 3.39. The summed E-state index contributed by atoms with van der Waals surface area (Å²) in [5, 5.41) is 18.6. The lowest BCUT2D eigenvalue weighted by Gasteiger charge is -2.28. The van der Waals surface area contributed by atoms with Crippen LogP contribution in [-0.4, -0.2) is 23.4 Å². The average Bonchev–Trinajstić information content (AvgIpc) is 2.62. The van der Waals surface area contributed by atoms with Crippen molar-refractivity contribution >= 4 is 0 Å². The van der Waals surface area contributed by atoms with Gasteiger partial charge in [-0.1, -0.05) is 33.8 Å². The van der Waals surface area contributed by atoms with Gasteiger partial charge >= 0.3 is 0 Å². The van der Waals surface area contributed by atoms with E-state index in [1.54, 1.807) is 24.3 Å². The third-order valence-electron chi connectivity index (χ3n) is 5.68. The number of phenols is 2. The molecule has 2 aromatic carbocycles. The lowest BCUT2D eigenvalue weighted by Crippen LogP contribution is -2.21. The first-order valence-electron chi connectivity index (χ1n) is 9.28. The van der Waals surface area contributed by atoms with E-state index in [2.05, 4.69) is 27.7 Å². The summed E-state index contributed by atoms with van der Waals surface area (Å²) < 4.78 is 11.1. The highest BCUT2D eigenvalue weighted by Gasteiger charge is 2.25. The number of phenolic OH excluding ortho intramolecular Hbond substituents is 2. The van der Waals surface area contributed by atoms with E-state index in [0.717, 1.165) is 30.3 Å². The van der Waals surface area contributed by atoms with Gasteiger partial charge in [0.1, 0.15) is 23.0 Å². The highest BCUT2D eigenvalue weighted by atomic mass is 16.5. The number of hydrogen-bond acceptors (Lipinski definition) is 4. The Morgan fingerprint density at radius 3 is 1.92 bits per heavy atom. The summed E-state index contributed by atoms with van der Waals surface area (Å²) in [6.07, 6.45) is 0. The van der Waals surface area contributed by atoms with E-state index >= 15 is 0 Å². The monoisotopic (exact) mass is 356 g/mol. The summed E-state index contributed by atoms with van der Waals surface area (Å²) in [7, 11) is 0. The van der Waals surface area contributed by atoms with Crippen LogP contribution in [0.1, 0.15) is 50.7 Å². The van der Waals surface area contributed by atoms with Gasteiger partial charge in [-0.3, -0.25) is 0 Å². The van der Waals surface area contributed by atoms with Gasteiger partial charge in [-0.2, -0.15) is 0 Å². The van der Waals surface area contributed by atoms with Gasteiger partial charge in [0.15, 0.2) is 0 Å². The number of hydrogen-bond donors (Lipinski definition) is 2. The SMILES string of the molecule is CC1COc2cc(O)ccc2C1C.CC1COc2ccc(O)cc2C1C. The first-order chi connectivity index (χ1) is 12.4. The van der Waals surface area contributed by atoms with Crippen molar-refractivity contribution in [2.45, 2.75) is 39.5 Å². The van der Waals surface area contributed by atoms with Crippen molar-refractivity contribution in [2.75, 3.05) is 13.2 Å². The van der Waals surface area contributed by atoms with Gasteiger partial charge in [-0.25, -0.2) is 0 Å². The van der Waals surface area contributed by atoms with Gasteiger partial charge in [0.2, 0.25) is 0 Å². The number of fused-ring (bicyclic) bond motifs is 2. The second-order valence-electron chi connectivity index (χ2n) is 7.60. The van der Waals surface area contributed by atoms with Crippen molar-refractivity contribution in [3.05, 3.63) is 47.5 Å². The Morgan fingerprint density at radius 2 is 1.23 bits per heavy atom. The highest BCUT2D eigenvalue weighted by molar-refractivity contribution is 5.44. The Hall–Kier alpha value is -2.36. The van der Waals surface area contributed by atoms with Crippen LogP contribution >= 0.6 is 0 Å². The van der Waals surface area contributed by atoms with Crippen LogP contribution in [0.4, 0.5) is 0 Å². The van der Waals surface area contributed by atoms with Gasteiger partial charge in [-0.05, 0) is 53.5 Å². The largest absolute Gasteiger partial charge is 0.508 e. The van der Waals surface area contributed by atoms with Gasteiger partial charge in [0, 0.05) is 11.6 Å². The van der Waals surface area contributed by atoms with Crippen molar-refractivity contribution in [3.8, 4) is 23.0 Å². The first kappa shape index (κ1) is 18.4. The van der Waals surface area contributed by atoms with E-state index in [9.17, 15) is 10.2 Å². The van der Waals surface area contributed by atoms with E-state index in [0.29, 0.717) is 29.4 Å². The normalized spacial score (nSPS) is 26.3. The number of ether oxygens (including phenoxy) is 2. The van der Waals surface area contributed by atoms with Crippen LogP contribution in [0.5, 0.6) is 23.0 Å². The van der Waals surface area contributed by atoms with Gasteiger partial charge in [-0.15, -0.1) is 0 Å². The van der Waals surface area contributed by atoms with E-state index in [1.807, 2.05) is 12.1 Å². The van der Waals surface area contributed by atoms with Crippen molar-refractivity contribution < 1.29 is 19.7 Å². The Morgan fingerprint density at radius 1 is 0.692 bits per heavy atom. The van der Waals surface area contributed by atoms with Gasteiger partial charge in [0.25, 0.3) is 0 Å². The smallest absolute Gasteiger partial charge is 0.126 e. The predicted molar refractivity (Wildman–Crippen MR) is 102 cm³/mol. The molecule has 26 heavy (non-hydrogen) atoms. The molecule has 4 unspecified atom stereocenters. The molecule has 0 saturated carbocycles. The van der Waals surface area contributed by atoms with E-state index in [4.69, 9.17) is 9.47 Å². The minimum Gasteiger partial charge on any atom is -0.508 e. The molecule has 4 nitrogen and oxygen atoms in total. The molecule has 4 heteroatoms. The predicted octanol–water partition coefficient (Wildman–Crippen LogP) is 5.05. The molecule has 2 aromatic rings. The standard InChI is InChI=1S/2C11H14O2/c1-7-6-13-11-4-3-9(12)5-10(11)8(7)2;1-7-6-13-11-5-9(12)3-4-10(11)8(7)2/h2*3-5,7-8,12H,6H2,1-2H3. The molecule has 0 fully saturated rings. The molecule has 0 amide bonds. The summed E-state index contributed by atoms with van der Waals surface area (Å²) in [6.45, 7) is 10.2. The Labute approximate surface area is 155 Å². The highest BCUT2D eigenvalue weighted by Crippen LogP contribution is 2.39. The zero-order chi connectivity index (χ0) is 18.8. The maximum atomic E-state index is 9.34. The second kappa shape index (κ2) is 7.48. The number of aromatic hydroxyl groups is 2. The molecule has 0 radical (unpaired) electrons. The molecule has 0 aromatic heterocycles. The quantitative estimate of drug-likeness (QED) is 0.693. The van der Waals surface area contributed by atoms with E-state index in [1.165, 1.54) is 5.56 Å². The van der Waals surface area contributed by atoms with Crippen LogP contribution in [0.15, 0.2) is 36.4 Å². The fourth-order valence-electron chi connectivity index (χ4n) is 3.39. The fraction of sp³-hybridized carbons (Fsp3) is 0.455. The van der Waals surface area contributed by atoms with Gasteiger partial charge < -0.3 is 19.7 Å². The first-order valence-corrected chi connectivity index (χ1v) is 9.28. The van der Waals surface area contributed by atoms with E-state index in [-0.39, 0.29) is 5.75 Å². The summed E-state index contributed by atoms with van der Waals surface area (Å²) in [5.41, 5.74) is 2.33. The Bertz CT molecular complexity index is 771. The van der Waals surface area contributed by atoms with Crippen LogP contribution in [-0.2, 0) is 0 Å². The zero-order valence-electron chi connectivity index (χ0n) is 15.9. The summed E-state index contributed by atoms with van der Waals surface area (Å²) in [5.74, 6) is 4.42. The topological polar surface area (TPSA) is 58.9 Å². The van der Waals surface area contributed by atoms with Gasteiger partial charge in [0.05, 0.1) is 13.2 Å². The Balaban J connectivity index is 0.000000151. The number of rotatable bonds is 0. The maximum absolute atomic E-state index is 9.34. The lowest BCUT2D eigenvalue weighted by atomic mass is 9.87. The molecule has 2 aliphatic rings. The van der Waals surface area contributed by atoms with E-state index < -0.39 is 0 Å². The van der Waals surface area contributed by atoms with Crippen LogP contribution in [0, 0.1) is 11.8 Å². The molecule has 0 aliphatic carbocycles. The summed E-state index contributed by atoms with van der Waals surface area (Å²) in [4.78, 5) is 0. The molecule has 2 heterocycles. The van der Waals surface area contributed by atoms with Crippen LogP contribution < -0.4 is 9.47 Å². The molecule has 0 bridgehead atoms. The van der Waals surface area contributed by atoms with Crippen LogP contribution in [0.3, 0.4) is 0 Å². The molecule has 0 saturated heterocycles. The molecule has 2 aliphatic heterocycles. The lowest BCUT2D eigenvalue weighted by molar-refractivity contribution is 0.210. The third-order valence-corrected chi connectivity index (χ3v) is 5.68. The van der Waals surface area contributed by atoms with Crippen molar-refractivity contribution in [3.63, 3.8) is 0 Å². The summed E-state index contributed by atoms with van der Waals surface area (Å²) >= 11 is 0. The maximum Gasteiger partial charge on any atom is 0.126 e. The minimum atomic E-state index is 0.278. The second-order valence-corrected chi connectivity index (χ2v) is 7.60. The summed E-state index contributed by atoms with van der Waals surface area (Å²) in [6, 6.07) is 10.7. The number of benzene rings is 2. The third kappa shape index (κ3) is 3.74. The van der Waals surface area contributed by atoms with Crippen LogP contribution in [0.25, 0.3) is 0 Å². The van der Waals surface area contributed by atoms with Crippen LogP contribution in [0.2, 0.25) is 0 Å². The molecule has 4 rings (SSSR count). The molecule has 140 valence electrons. The molecular weight excluding hydrogens is 328 g/mol.